The molecule has 0 bridgehead atoms. The molecule has 0 aliphatic rings. The lowest BCUT2D eigenvalue weighted by Gasteiger charge is -2.14. The predicted octanol–water partition coefficient (Wildman–Crippen LogP) is 9.98. The smallest absolute Gasteiger partial charge is 0.406 e. The van der Waals surface area contributed by atoms with Crippen molar-refractivity contribution in [2.45, 2.75) is 39.7 Å². The molecule has 342 valence electrons. The Hall–Kier alpha value is -8.82. The van der Waals surface area contributed by atoms with Gasteiger partial charge < -0.3 is 30.1 Å². The number of rotatable bonds is 13. The number of imidazole rings is 2. The van der Waals surface area contributed by atoms with E-state index >= 15 is 0 Å². The highest BCUT2D eigenvalue weighted by molar-refractivity contribution is 5.79. The van der Waals surface area contributed by atoms with Crippen LogP contribution in [0.5, 0.6) is 11.5 Å². The van der Waals surface area contributed by atoms with Crippen molar-refractivity contribution < 1.29 is 35.8 Å². The highest BCUT2D eigenvalue weighted by Crippen LogP contribution is 2.37. The Morgan fingerprint density at radius 3 is 1.76 bits per heavy atom. The number of nitrogens with one attached hydrogen (secondary N) is 4. The summed E-state index contributed by atoms with van der Waals surface area (Å²) in [5.41, 5.74) is 8.10. The Morgan fingerprint density at radius 2 is 1.16 bits per heavy atom. The molecule has 10 aromatic rings. The van der Waals surface area contributed by atoms with Gasteiger partial charge in [0.25, 0.3) is 0 Å². The van der Waals surface area contributed by atoms with Crippen molar-refractivity contribution in [2.24, 2.45) is 0 Å². The number of aromatic nitrogens is 12. The summed E-state index contributed by atoms with van der Waals surface area (Å²) >= 11 is 0. The molecule has 0 fully saturated rings. The minimum absolute atomic E-state index is 0.0227. The van der Waals surface area contributed by atoms with E-state index in [2.05, 4.69) is 60.2 Å². The number of H-pyrrole nitrogens is 2. The zero-order chi connectivity index (χ0) is 47.2. The molecular formula is C46H34F6N14O2. The van der Waals surface area contributed by atoms with Crippen LogP contribution >= 0.6 is 0 Å². The molecule has 2 aromatic carbocycles. The average Bonchev–Trinajstić information content (AvgIpc) is 4.12. The van der Waals surface area contributed by atoms with Crippen LogP contribution in [0.3, 0.4) is 0 Å². The molecule has 0 radical (unpaired) electrons. The molecule has 68 heavy (non-hydrogen) atoms. The number of halogens is 6. The lowest BCUT2D eigenvalue weighted by Crippen LogP contribution is -2.18. The van der Waals surface area contributed by atoms with Crippen molar-refractivity contribution in [3.63, 3.8) is 0 Å². The molecular weight excluding hydrogens is 895 g/mol. The normalized spacial score (nSPS) is 11.9. The number of pyridine rings is 4. The van der Waals surface area contributed by atoms with Gasteiger partial charge in [-0.15, -0.1) is 31.4 Å². The third-order valence-electron chi connectivity index (χ3n) is 10.4. The number of benzene rings is 2. The minimum atomic E-state index is -5.05. The third-order valence-corrected chi connectivity index (χ3v) is 10.4. The summed E-state index contributed by atoms with van der Waals surface area (Å²) in [6.07, 6.45) is -4.98. The van der Waals surface area contributed by atoms with Gasteiger partial charge in [0.15, 0.2) is 17.1 Å². The number of aryl methyl sites for hydroxylation is 2. The lowest BCUT2D eigenvalue weighted by molar-refractivity contribution is -0.275. The number of hydrogen-bond acceptors (Lipinski definition) is 12. The van der Waals surface area contributed by atoms with Gasteiger partial charge in [0.05, 0.1) is 52.8 Å². The Morgan fingerprint density at radius 1 is 0.588 bits per heavy atom. The van der Waals surface area contributed by atoms with Gasteiger partial charge in [0, 0.05) is 52.3 Å². The predicted molar refractivity (Wildman–Crippen MR) is 237 cm³/mol. The van der Waals surface area contributed by atoms with Crippen LogP contribution < -0.4 is 20.1 Å². The number of anilines is 2. The molecule has 0 amide bonds. The second-order valence-electron chi connectivity index (χ2n) is 15.3. The summed E-state index contributed by atoms with van der Waals surface area (Å²) in [7, 11) is 0. The van der Waals surface area contributed by atoms with E-state index in [0.29, 0.717) is 74.0 Å². The fourth-order valence-corrected chi connectivity index (χ4v) is 7.43. The summed E-state index contributed by atoms with van der Waals surface area (Å²) < 4.78 is 91.5. The van der Waals surface area contributed by atoms with E-state index in [1.165, 1.54) is 47.2 Å². The SMILES string of the molecule is Cc1cccc(-c2[nH]c(CNc3ccc(-c4nc5ccc(-c6nc(CNc7ccc(OC(F)(F)F)cc7)[nH]c6-c6cccc(C)n6)cn5n4)c(OC(F)(F)F)c3)nc2-c2ccc3ncnn3c2)n1. The quantitative estimate of drug-likeness (QED) is 0.0804. The molecule has 0 aliphatic heterocycles. The Kier molecular flexibility index (Phi) is 10.9. The molecule has 22 heteroatoms. The van der Waals surface area contributed by atoms with Gasteiger partial charge in [-0.2, -0.15) is 5.10 Å². The summed E-state index contributed by atoms with van der Waals surface area (Å²) in [4.78, 5) is 34.4. The van der Waals surface area contributed by atoms with E-state index in [-0.39, 0.29) is 30.2 Å². The molecule has 10 rings (SSSR count). The molecule has 0 saturated carbocycles. The summed E-state index contributed by atoms with van der Waals surface area (Å²) in [6.45, 7) is 3.96. The first-order valence-electron chi connectivity index (χ1n) is 20.6. The number of nitrogens with zero attached hydrogens (tertiary/aromatic N) is 10. The van der Waals surface area contributed by atoms with Crippen molar-refractivity contribution >= 4 is 22.7 Å². The molecule has 0 saturated heterocycles. The monoisotopic (exact) mass is 928 g/mol. The number of hydrogen-bond donors (Lipinski definition) is 4. The topological polar surface area (TPSA) is 186 Å². The largest absolute Gasteiger partial charge is 0.573 e. The number of aromatic amines is 2. The summed E-state index contributed by atoms with van der Waals surface area (Å²) in [5, 5.41) is 15.1. The number of fused-ring (bicyclic) bond motifs is 2. The van der Waals surface area contributed by atoms with Crippen LogP contribution in [-0.4, -0.2) is 71.8 Å². The Labute approximate surface area is 380 Å². The highest BCUT2D eigenvalue weighted by atomic mass is 19.4. The van der Waals surface area contributed by atoms with Gasteiger partial charge >= 0.3 is 12.7 Å². The molecule has 8 heterocycles. The van der Waals surface area contributed by atoms with Crippen molar-refractivity contribution in [3.8, 4) is 68.2 Å². The maximum atomic E-state index is 14.0. The third kappa shape index (κ3) is 9.45. The van der Waals surface area contributed by atoms with Gasteiger partial charge in [-0.05, 0) is 98.8 Å². The first kappa shape index (κ1) is 43.1. The molecule has 0 unspecified atom stereocenters. The van der Waals surface area contributed by atoms with Crippen LogP contribution in [-0.2, 0) is 13.1 Å². The minimum Gasteiger partial charge on any atom is -0.406 e. The zero-order valence-corrected chi connectivity index (χ0v) is 35.5. The van der Waals surface area contributed by atoms with Crippen LogP contribution in [0.1, 0.15) is 23.0 Å². The molecule has 0 atom stereocenters. The average molecular weight is 929 g/mol. The van der Waals surface area contributed by atoms with E-state index in [1.807, 2.05) is 56.3 Å². The van der Waals surface area contributed by atoms with Crippen molar-refractivity contribution in [1.29, 1.82) is 0 Å². The van der Waals surface area contributed by atoms with Gasteiger partial charge in [-0.25, -0.2) is 29.0 Å². The van der Waals surface area contributed by atoms with Crippen LogP contribution in [0.15, 0.2) is 122 Å². The number of alkyl halides is 6. The van der Waals surface area contributed by atoms with E-state index < -0.39 is 18.5 Å². The molecule has 8 aromatic heterocycles. The van der Waals surface area contributed by atoms with Crippen molar-refractivity contribution in [2.75, 3.05) is 10.6 Å². The van der Waals surface area contributed by atoms with E-state index in [0.717, 1.165) is 17.0 Å². The standard InChI is InChI=1S/C46H34F6N14O2/c1-25-5-3-7-33(57-25)42-40(27-9-17-38-55-24-56-65(38)22-27)60-37(62-42)21-54-30-13-16-32(35(19-30)68-46(50,51)52)44-63-39-18-10-28(23-66(39)64-44)41-43(34-8-4-6-26(2)58-34)61-36(59-41)20-53-29-11-14-31(15-12-29)67-45(47,48)49/h3-19,22-24,53-54H,20-21H2,1-2H3,(H,59,61)(H,60,62). The number of ether oxygens (including phenoxy) is 2. The van der Waals surface area contributed by atoms with Crippen LogP contribution in [0.4, 0.5) is 37.7 Å². The van der Waals surface area contributed by atoms with Gasteiger partial charge in [-0.3, -0.25) is 9.97 Å². The van der Waals surface area contributed by atoms with Gasteiger partial charge in [0.2, 0.25) is 0 Å². The first-order valence-corrected chi connectivity index (χ1v) is 20.6. The maximum Gasteiger partial charge on any atom is 0.573 e. The van der Waals surface area contributed by atoms with Crippen molar-refractivity contribution in [3.05, 3.63) is 145 Å². The first-order chi connectivity index (χ1) is 32.7. The summed E-state index contributed by atoms with van der Waals surface area (Å²) in [5.74, 6) is 0.0124. The Balaban J connectivity index is 0.928. The second-order valence-corrected chi connectivity index (χ2v) is 15.3. The fraction of sp³-hybridized carbons (Fsp3) is 0.130. The lowest BCUT2D eigenvalue weighted by atomic mass is 10.1. The van der Waals surface area contributed by atoms with Crippen LogP contribution in [0, 0.1) is 13.8 Å². The van der Waals surface area contributed by atoms with E-state index in [9.17, 15) is 26.3 Å². The second kappa shape index (κ2) is 17.2. The van der Waals surface area contributed by atoms with Crippen LogP contribution in [0.25, 0.3) is 68.0 Å². The summed E-state index contributed by atoms with van der Waals surface area (Å²) in [6, 6.07) is 27.7. The van der Waals surface area contributed by atoms with Gasteiger partial charge in [-0.1, -0.05) is 12.1 Å². The van der Waals surface area contributed by atoms with Crippen LogP contribution in [0.2, 0.25) is 0 Å². The highest BCUT2D eigenvalue weighted by Gasteiger charge is 2.33. The van der Waals surface area contributed by atoms with Gasteiger partial charge in [0.1, 0.15) is 29.5 Å². The molecule has 4 N–H and O–H groups in total. The van der Waals surface area contributed by atoms with E-state index in [1.54, 1.807) is 41.2 Å². The maximum absolute atomic E-state index is 14.0. The van der Waals surface area contributed by atoms with Crippen molar-refractivity contribution in [1.82, 2.24) is 59.1 Å². The molecule has 16 nitrogen and oxygen atoms in total. The zero-order valence-electron chi connectivity index (χ0n) is 35.5. The molecule has 0 aliphatic carbocycles. The fourth-order valence-electron chi connectivity index (χ4n) is 7.43. The Bertz CT molecular complexity index is 3450. The molecule has 0 spiro atoms. The van der Waals surface area contributed by atoms with E-state index in [4.69, 9.17) is 9.97 Å².